The summed E-state index contributed by atoms with van der Waals surface area (Å²) in [7, 11) is 0. The molecule has 0 bridgehead atoms. The molecule has 0 spiro atoms. The van der Waals surface area contributed by atoms with Crippen molar-refractivity contribution in [3.8, 4) is 0 Å². The molecule has 4 fully saturated rings. The summed E-state index contributed by atoms with van der Waals surface area (Å²) in [5.74, 6) is 5.26. The van der Waals surface area contributed by atoms with Crippen molar-refractivity contribution in [1.29, 1.82) is 0 Å². The second kappa shape index (κ2) is 12.1. The van der Waals surface area contributed by atoms with Crippen LogP contribution in [0.2, 0.25) is 0 Å². The van der Waals surface area contributed by atoms with E-state index in [1.165, 1.54) is 89.5 Å². The number of halogens is 2. The monoisotopic (exact) mass is 448 g/mol. The molecule has 0 aromatic rings. The summed E-state index contributed by atoms with van der Waals surface area (Å²) in [4.78, 5) is 0. The van der Waals surface area contributed by atoms with Crippen LogP contribution in [0.1, 0.15) is 103 Å². The van der Waals surface area contributed by atoms with Gasteiger partial charge in [0.2, 0.25) is 0 Å². The third-order valence-corrected chi connectivity index (χ3v) is 9.85. The summed E-state index contributed by atoms with van der Waals surface area (Å²) >= 11 is 0. The number of ether oxygens (including phenoxy) is 1. The van der Waals surface area contributed by atoms with Crippen LogP contribution in [0, 0.1) is 41.4 Å². The molecular weight excluding hydrogens is 402 g/mol. The van der Waals surface area contributed by atoms with Crippen LogP contribution in [-0.2, 0) is 4.74 Å². The Balaban J connectivity index is 1.13. The van der Waals surface area contributed by atoms with Crippen LogP contribution in [-0.4, -0.2) is 12.7 Å². The highest BCUT2D eigenvalue weighted by Gasteiger charge is 2.36. The van der Waals surface area contributed by atoms with E-state index in [1.807, 2.05) is 6.08 Å². The molecule has 0 aromatic carbocycles. The Bertz CT molecular complexity index is 580. The van der Waals surface area contributed by atoms with Crippen molar-refractivity contribution >= 4 is 0 Å². The lowest BCUT2D eigenvalue weighted by atomic mass is 9.64. The summed E-state index contributed by atoms with van der Waals surface area (Å²) in [5.41, 5.74) is 0. The molecule has 3 aliphatic carbocycles. The Kier molecular flexibility index (Phi) is 9.26. The van der Waals surface area contributed by atoms with Gasteiger partial charge in [-0.1, -0.05) is 6.08 Å². The van der Waals surface area contributed by atoms with Gasteiger partial charge in [-0.2, -0.15) is 8.78 Å². The standard InChI is InChI=1S/C29H46F2O/c1-2-3-4-22-7-18-28(32-20-22)27-16-14-26(15-17-27)25-12-10-24(11-13-25)23-8-5-21(6-9-23)19-29(30)31/h2,19,21-28H,1,3-18,20H2. The summed E-state index contributed by atoms with van der Waals surface area (Å²) < 4.78 is 31.4. The van der Waals surface area contributed by atoms with Gasteiger partial charge < -0.3 is 4.74 Å². The smallest absolute Gasteiger partial charge is 0.266 e. The predicted octanol–water partition coefficient (Wildman–Crippen LogP) is 8.95. The number of rotatable bonds is 7. The molecule has 4 aliphatic rings. The first-order chi connectivity index (χ1) is 15.6. The third kappa shape index (κ3) is 6.67. The second-order valence-electron chi connectivity index (χ2n) is 11.7. The molecule has 0 radical (unpaired) electrons. The molecule has 0 amide bonds. The molecule has 182 valence electrons. The molecule has 0 N–H and O–H groups in total. The predicted molar refractivity (Wildman–Crippen MR) is 129 cm³/mol. The normalized spacial score (nSPS) is 41.1. The van der Waals surface area contributed by atoms with E-state index in [2.05, 4.69) is 6.58 Å². The molecule has 2 unspecified atom stereocenters. The van der Waals surface area contributed by atoms with Gasteiger partial charge in [0.15, 0.2) is 0 Å². The van der Waals surface area contributed by atoms with Crippen molar-refractivity contribution in [2.45, 2.75) is 109 Å². The van der Waals surface area contributed by atoms with Crippen molar-refractivity contribution in [2.24, 2.45) is 41.4 Å². The maximum atomic E-state index is 12.5. The Hall–Kier alpha value is -0.700. The molecule has 32 heavy (non-hydrogen) atoms. The van der Waals surface area contributed by atoms with E-state index in [0.717, 1.165) is 61.4 Å². The molecular formula is C29H46F2O. The topological polar surface area (TPSA) is 9.23 Å². The van der Waals surface area contributed by atoms with Crippen molar-refractivity contribution in [3.05, 3.63) is 24.8 Å². The summed E-state index contributed by atoms with van der Waals surface area (Å²) in [6.45, 7) is 4.83. The number of hydrogen-bond acceptors (Lipinski definition) is 1. The summed E-state index contributed by atoms with van der Waals surface area (Å²) in [6.07, 6.45) is 22.8. The second-order valence-corrected chi connectivity index (χ2v) is 11.7. The van der Waals surface area contributed by atoms with Crippen LogP contribution in [0.15, 0.2) is 24.8 Å². The number of allylic oxidation sites excluding steroid dienone is 2. The zero-order valence-electron chi connectivity index (χ0n) is 20.2. The molecule has 1 nitrogen and oxygen atoms in total. The molecule has 3 saturated carbocycles. The molecule has 3 heteroatoms. The van der Waals surface area contributed by atoms with Gasteiger partial charge in [0.05, 0.1) is 6.10 Å². The van der Waals surface area contributed by atoms with Crippen molar-refractivity contribution in [3.63, 3.8) is 0 Å². The van der Waals surface area contributed by atoms with E-state index < -0.39 is 6.08 Å². The highest BCUT2D eigenvalue weighted by atomic mass is 19.3. The van der Waals surface area contributed by atoms with E-state index in [1.54, 1.807) is 0 Å². The lowest BCUT2D eigenvalue weighted by Gasteiger charge is -2.43. The SMILES string of the molecule is C=CCCC1CCC(C2CCC(C3CCC(C4CCC(C=C(F)F)CC4)CC3)CC2)OC1. The van der Waals surface area contributed by atoms with Crippen LogP contribution in [0.5, 0.6) is 0 Å². The molecule has 1 aliphatic heterocycles. The molecule has 1 heterocycles. The zero-order chi connectivity index (χ0) is 22.3. The van der Waals surface area contributed by atoms with E-state index in [9.17, 15) is 8.78 Å². The minimum atomic E-state index is -1.48. The summed E-state index contributed by atoms with van der Waals surface area (Å²) in [6, 6.07) is 0. The van der Waals surface area contributed by atoms with Gasteiger partial charge in [-0.25, -0.2) is 0 Å². The van der Waals surface area contributed by atoms with Crippen molar-refractivity contribution < 1.29 is 13.5 Å². The van der Waals surface area contributed by atoms with Gasteiger partial charge in [-0.15, -0.1) is 6.58 Å². The Labute approximate surface area is 195 Å². The quantitative estimate of drug-likeness (QED) is 0.353. The van der Waals surface area contributed by atoms with Crippen LogP contribution < -0.4 is 0 Å². The molecule has 1 saturated heterocycles. The van der Waals surface area contributed by atoms with Gasteiger partial charge in [-0.3, -0.25) is 0 Å². The average Bonchev–Trinajstić information content (AvgIpc) is 2.83. The first kappa shape index (κ1) is 24.4. The van der Waals surface area contributed by atoms with E-state index in [-0.39, 0.29) is 5.92 Å². The summed E-state index contributed by atoms with van der Waals surface area (Å²) in [5, 5.41) is 0. The van der Waals surface area contributed by atoms with Crippen LogP contribution in [0.4, 0.5) is 8.78 Å². The first-order valence-electron chi connectivity index (χ1n) is 13.9. The van der Waals surface area contributed by atoms with Gasteiger partial charge in [0, 0.05) is 6.61 Å². The first-order valence-corrected chi connectivity index (χ1v) is 13.9. The van der Waals surface area contributed by atoms with Gasteiger partial charge in [-0.05, 0) is 150 Å². The van der Waals surface area contributed by atoms with Crippen LogP contribution in [0.3, 0.4) is 0 Å². The largest absolute Gasteiger partial charge is 0.378 e. The Morgan fingerprint density at radius 1 is 0.688 bits per heavy atom. The van der Waals surface area contributed by atoms with Crippen LogP contribution in [0.25, 0.3) is 0 Å². The van der Waals surface area contributed by atoms with Crippen LogP contribution >= 0.6 is 0 Å². The fourth-order valence-electron chi connectivity index (χ4n) is 7.82. The van der Waals surface area contributed by atoms with E-state index in [0.29, 0.717) is 6.10 Å². The van der Waals surface area contributed by atoms with E-state index >= 15 is 0 Å². The minimum Gasteiger partial charge on any atom is -0.378 e. The van der Waals surface area contributed by atoms with Gasteiger partial charge in [0.1, 0.15) is 0 Å². The zero-order valence-corrected chi connectivity index (χ0v) is 20.2. The average molecular weight is 449 g/mol. The molecule has 0 aromatic heterocycles. The third-order valence-electron chi connectivity index (χ3n) is 9.85. The fourth-order valence-corrected chi connectivity index (χ4v) is 7.82. The van der Waals surface area contributed by atoms with Gasteiger partial charge in [0.25, 0.3) is 6.08 Å². The van der Waals surface area contributed by atoms with Crippen molar-refractivity contribution in [2.75, 3.05) is 6.61 Å². The minimum absolute atomic E-state index is 0.133. The number of hydrogen-bond donors (Lipinski definition) is 0. The van der Waals surface area contributed by atoms with Crippen molar-refractivity contribution in [1.82, 2.24) is 0 Å². The molecule has 2 atom stereocenters. The maximum absolute atomic E-state index is 12.5. The maximum Gasteiger partial charge on any atom is 0.266 e. The lowest BCUT2D eigenvalue weighted by Crippen LogP contribution is -2.35. The Morgan fingerprint density at radius 2 is 1.19 bits per heavy atom. The van der Waals surface area contributed by atoms with Gasteiger partial charge >= 0.3 is 0 Å². The fraction of sp³-hybridized carbons (Fsp3) is 0.862. The highest BCUT2D eigenvalue weighted by molar-refractivity contribution is 4.93. The Morgan fingerprint density at radius 3 is 1.62 bits per heavy atom. The molecule has 4 rings (SSSR count). The van der Waals surface area contributed by atoms with E-state index in [4.69, 9.17) is 4.74 Å². The highest BCUT2D eigenvalue weighted by Crippen LogP contribution is 2.47. The lowest BCUT2D eigenvalue weighted by molar-refractivity contribution is -0.0617.